The number of carbonyl (C=O) groups excluding carboxylic acids is 1. The van der Waals surface area contributed by atoms with Gasteiger partial charge in [-0.25, -0.2) is 19.7 Å². The molecule has 2 aliphatic heterocycles. The van der Waals surface area contributed by atoms with Crippen LogP contribution in [0, 0.1) is 20.8 Å². The minimum Gasteiger partial charge on any atom is -0.457 e. The second-order valence-electron chi connectivity index (χ2n) is 8.30. The lowest BCUT2D eigenvalue weighted by atomic mass is 9.93. The smallest absolute Gasteiger partial charge is 0.338 e. The van der Waals surface area contributed by atoms with Gasteiger partial charge in [-0.1, -0.05) is 6.07 Å². The molecule has 8 nitrogen and oxygen atoms in total. The molecule has 8 heteroatoms. The molecule has 2 aliphatic rings. The molecule has 0 bridgehead atoms. The van der Waals surface area contributed by atoms with Gasteiger partial charge in [0.15, 0.2) is 0 Å². The number of esters is 1. The molecule has 5 rings (SSSR count). The third kappa shape index (κ3) is 3.62. The highest BCUT2D eigenvalue weighted by Gasteiger charge is 2.28. The highest BCUT2D eigenvalue weighted by molar-refractivity contribution is 5.94. The highest BCUT2D eigenvalue weighted by Crippen LogP contribution is 2.30. The normalized spacial score (nSPS) is 18.8. The quantitative estimate of drug-likeness (QED) is 0.651. The van der Waals surface area contributed by atoms with Gasteiger partial charge in [-0.15, -0.1) is 0 Å². The second-order valence-corrected chi connectivity index (χ2v) is 8.30. The number of nitrogens with one attached hydrogen (secondary N) is 1. The largest absolute Gasteiger partial charge is 0.457 e. The Bertz CT molecular complexity index is 1140. The fourth-order valence-electron chi connectivity index (χ4n) is 4.42. The Morgan fingerprint density at radius 3 is 2.71 bits per heavy atom. The van der Waals surface area contributed by atoms with Crippen LogP contribution in [0.4, 0.5) is 0 Å². The van der Waals surface area contributed by atoms with E-state index in [0.717, 1.165) is 54.3 Å². The lowest BCUT2D eigenvalue weighted by Crippen LogP contribution is -2.45. The van der Waals surface area contributed by atoms with Gasteiger partial charge in [0.25, 0.3) is 0 Å². The summed E-state index contributed by atoms with van der Waals surface area (Å²) < 4.78 is 7.12. The number of aryl methyl sites for hydroxylation is 1. The van der Waals surface area contributed by atoms with E-state index in [2.05, 4.69) is 38.2 Å². The van der Waals surface area contributed by atoms with E-state index in [0.29, 0.717) is 18.1 Å². The number of aromatic nitrogens is 4. The minimum absolute atomic E-state index is 0.214. The first-order valence-corrected chi connectivity index (χ1v) is 10.6. The van der Waals surface area contributed by atoms with E-state index in [4.69, 9.17) is 4.74 Å². The summed E-state index contributed by atoms with van der Waals surface area (Å²) in [5, 5.41) is 3.62. The van der Waals surface area contributed by atoms with Crippen molar-refractivity contribution in [2.24, 2.45) is 0 Å². The topological polar surface area (TPSA) is 85.2 Å². The molecule has 160 valence electrons. The first kappa shape index (κ1) is 19.8. The van der Waals surface area contributed by atoms with Crippen molar-refractivity contribution in [3.05, 3.63) is 70.1 Å². The van der Waals surface area contributed by atoms with E-state index in [-0.39, 0.29) is 12.0 Å². The molecule has 0 radical (unpaired) electrons. The summed E-state index contributed by atoms with van der Waals surface area (Å²) in [7, 11) is 0. The van der Waals surface area contributed by atoms with Crippen LogP contribution in [0.1, 0.15) is 50.0 Å². The van der Waals surface area contributed by atoms with Crippen molar-refractivity contribution in [3.8, 4) is 5.95 Å². The van der Waals surface area contributed by atoms with Crippen molar-refractivity contribution in [1.82, 2.24) is 29.7 Å². The number of benzene rings is 1. The molecule has 0 unspecified atom stereocenters. The molecule has 1 saturated heterocycles. The summed E-state index contributed by atoms with van der Waals surface area (Å²) in [5.74, 6) is 0.429. The van der Waals surface area contributed by atoms with Gasteiger partial charge in [0.05, 0.1) is 11.3 Å². The SMILES string of the molecule is Cc1ncn(-c2ncc(CN3CCN[C@H](c4ccc5c(c4C)COC5=O)C3)cn2)c1C. The van der Waals surface area contributed by atoms with Crippen LogP contribution in [0.2, 0.25) is 0 Å². The van der Waals surface area contributed by atoms with Crippen molar-refractivity contribution in [3.63, 3.8) is 0 Å². The average Bonchev–Trinajstić information content (AvgIpc) is 3.32. The van der Waals surface area contributed by atoms with E-state index >= 15 is 0 Å². The van der Waals surface area contributed by atoms with E-state index in [9.17, 15) is 4.79 Å². The number of carbonyl (C=O) groups is 1. The number of rotatable bonds is 4. The van der Waals surface area contributed by atoms with Crippen LogP contribution in [0.25, 0.3) is 5.95 Å². The van der Waals surface area contributed by atoms with E-state index in [1.54, 1.807) is 6.33 Å². The van der Waals surface area contributed by atoms with Crippen LogP contribution < -0.4 is 5.32 Å². The maximum absolute atomic E-state index is 11.8. The number of nitrogens with zero attached hydrogens (tertiary/aromatic N) is 5. The van der Waals surface area contributed by atoms with Crippen molar-refractivity contribution < 1.29 is 9.53 Å². The lowest BCUT2D eigenvalue weighted by Gasteiger charge is -2.34. The van der Waals surface area contributed by atoms with Crippen molar-refractivity contribution in [2.75, 3.05) is 19.6 Å². The van der Waals surface area contributed by atoms with E-state index in [1.807, 2.05) is 36.9 Å². The Kier molecular flexibility index (Phi) is 5.03. The predicted octanol–water partition coefficient (Wildman–Crippen LogP) is 2.40. The second kappa shape index (κ2) is 7.86. The standard InChI is InChI=1S/C23H26N6O2/c1-14-18(4-5-19-20(14)12-31-22(19)30)21-11-28(7-6-24-21)10-17-8-25-23(26-9-17)29-13-27-15(2)16(29)3/h4-5,8-9,13,21,24H,6-7,10-12H2,1-3H3/t21-/m0/s1. The Labute approximate surface area is 181 Å². The van der Waals surface area contributed by atoms with E-state index < -0.39 is 0 Å². The van der Waals surface area contributed by atoms with Crippen LogP contribution in [-0.2, 0) is 17.9 Å². The summed E-state index contributed by atoms with van der Waals surface area (Å²) in [5.41, 5.74) is 7.24. The Morgan fingerprint density at radius 1 is 1.16 bits per heavy atom. The molecule has 31 heavy (non-hydrogen) atoms. The summed E-state index contributed by atoms with van der Waals surface area (Å²) in [6.45, 7) is 10.0. The number of piperazine rings is 1. The van der Waals surface area contributed by atoms with Gasteiger partial charge in [-0.2, -0.15) is 0 Å². The van der Waals surface area contributed by atoms with Crippen LogP contribution in [0.3, 0.4) is 0 Å². The molecule has 3 aromatic rings. The highest BCUT2D eigenvalue weighted by atomic mass is 16.5. The van der Waals surface area contributed by atoms with Gasteiger partial charge >= 0.3 is 5.97 Å². The fraction of sp³-hybridized carbons (Fsp3) is 0.391. The van der Waals surface area contributed by atoms with Crippen LogP contribution in [0.15, 0.2) is 30.9 Å². The monoisotopic (exact) mass is 418 g/mol. The van der Waals surface area contributed by atoms with E-state index in [1.165, 1.54) is 5.56 Å². The molecule has 1 atom stereocenters. The number of hydrogen-bond donors (Lipinski definition) is 1. The van der Waals surface area contributed by atoms with Gasteiger partial charge in [0.2, 0.25) is 5.95 Å². The average molecular weight is 419 g/mol. The van der Waals surface area contributed by atoms with Crippen LogP contribution in [0.5, 0.6) is 0 Å². The third-order valence-electron chi connectivity index (χ3n) is 6.41. The Morgan fingerprint density at radius 2 is 1.97 bits per heavy atom. The third-order valence-corrected chi connectivity index (χ3v) is 6.41. The van der Waals surface area contributed by atoms with Crippen molar-refractivity contribution in [1.29, 1.82) is 0 Å². The predicted molar refractivity (Wildman–Crippen MR) is 115 cm³/mol. The molecular weight excluding hydrogens is 392 g/mol. The molecule has 4 heterocycles. The Balaban J connectivity index is 1.29. The first-order chi connectivity index (χ1) is 15.0. The first-order valence-electron chi connectivity index (χ1n) is 10.6. The fourth-order valence-corrected chi connectivity index (χ4v) is 4.42. The minimum atomic E-state index is -0.215. The van der Waals surface area contributed by atoms with Crippen LogP contribution >= 0.6 is 0 Å². The maximum Gasteiger partial charge on any atom is 0.338 e. The molecule has 1 fully saturated rings. The zero-order chi connectivity index (χ0) is 21.5. The summed E-state index contributed by atoms with van der Waals surface area (Å²) in [6, 6.07) is 4.18. The molecular formula is C23H26N6O2. The number of ether oxygens (including phenoxy) is 1. The zero-order valence-corrected chi connectivity index (χ0v) is 18.1. The number of cyclic esters (lactones) is 1. The molecule has 0 aliphatic carbocycles. The molecule has 1 aromatic carbocycles. The maximum atomic E-state index is 11.8. The van der Waals surface area contributed by atoms with Crippen molar-refractivity contribution in [2.45, 2.75) is 40.0 Å². The number of hydrogen-bond acceptors (Lipinski definition) is 7. The Hall–Kier alpha value is -3.10. The van der Waals surface area contributed by atoms with Gasteiger partial charge < -0.3 is 10.1 Å². The van der Waals surface area contributed by atoms with Crippen molar-refractivity contribution >= 4 is 5.97 Å². The molecule has 0 amide bonds. The summed E-state index contributed by atoms with van der Waals surface area (Å²) >= 11 is 0. The number of fused-ring (bicyclic) bond motifs is 1. The molecule has 1 N–H and O–H groups in total. The molecule has 0 spiro atoms. The van der Waals surface area contributed by atoms with Gasteiger partial charge in [0.1, 0.15) is 12.9 Å². The van der Waals surface area contributed by atoms with Crippen LogP contribution in [-0.4, -0.2) is 50.0 Å². The summed E-state index contributed by atoms with van der Waals surface area (Å²) in [6.07, 6.45) is 5.56. The molecule has 0 saturated carbocycles. The van der Waals surface area contributed by atoms with Gasteiger partial charge in [0, 0.05) is 61.4 Å². The summed E-state index contributed by atoms with van der Waals surface area (Å²) in [4.78, 5) is 27.7. The van der Waals surface area contributed by atoms with Gasteiger partial charge in [-0.05, 0) is 38.0 Å². The van der Waals surface area contributed by atoms with Gasteiger partial charge in [-0.3, -0.25) is 9.47 Å². The lowest BCUT2D eigenvalue weighted by molar-refractivity contribution is 0.0535. The zero-order valence-electron chi connectivity index (χ0n) is 18.1. The molecule has 2 aromatic heterocycles. The number of imidazole rings is 1.